The Balaban J connectivity index is 1.24. The molecule has 35 heavy (non-hydrogen) atoms. The summed E-state index contributed by atoms with van der Waals surface area (Å²) in [6.07, 6.45) is 4.36. The SMILES string of the molecule is O=C(c1ccc(F)cc1)[C@@H]1CCCC[C@H]1C(=O)N1CCOC(COc2ncnc3ccccc23)C1. The number of benzene rings is 2. The van der Waals surface area contributed by atoms with Crippen molar-refractivity contribution in [3.8, 4) is 5.88 Å². The zero-order valence-electron chi connectivity index (χ0n) is 19.4. The Labute approximate surface area is 203 Å². The minimum Gasteiger partial charge on any atom is -0.474 e. The fourth-order valence-corrected chi connectivity index (χ4v) is 5.09. The quantitative estimate of drug-likeness (QED) is 0.498. The first kappa shape index (κ1) is 23.4. The highest BCUT2D eigenvalue weighted by atomic mass is 19.1. The lowest BCUT2D eigenvalue weighted by molar-refractivity contribution is -0.146. The lowest BCUT2D eigenvalue weighted by Gasteiger charge is -2.38. The number of amides is 1. The number of halogens is 1. The highest BCUT2D eigenvalue weighted by Crippen LogP contribution is 2.34. The van der Waals surface area contributed by atoms with E-state index in [-0.39, 0.29) is 42.1 Å². The smallest absolute Gasteiger partial charge is 0.226 e. The van der Waals surface area contributed by atoms with Crippen molar-refractivity contribution in [2.75, 3.05) is 26.3 Å². The van der Waals surface area contributed by atoms with Crippen LogP contribution in [0, 0.1) is 17.7 Å². The normalized spacial score (nSPS) is 22.7. The lowest BCUT2D eigenvalue weighted by atomic mass is 9.74. The number of rotatable bonds is 6. The highest BCUT2D eigenvalue weighted by Gasteiger charge is 2.39. The van der Waals surface area contributed by atoms with Crippen LogP contribution in [-0.2, 0) is 9.53 Å². The summed E-state index contributed by atoms with van der Waals surface area (Å²) in [4.78, 5) is 37.0. The van der Waals surface area contributed by atoms with Crippen molar-refractivity contribution in [1.29, 1.82) is 0 Å². The van der Waals surface area contributed by atoms with Gasteiger partial charge in [-0.3, -0.25) is 9.59 Å². The summed E-state index contributed by atoms with van der Waals surface area (Å²) >= 11 is 0. The van der Waals surface area contributed by atoms with E-state index in [0.29, 0.717) is 44.0 Å². The number of ether oxygens (including phenoxy) is 2. The molecule has 2 fully saturated rings. The van der Waals surface area contributed by atoms with E-state index in [1.807, 2.05) is 24.3 Å². The van der Waals surface area contributed by atoms with Gasteiger partial charge in [0.2, 0.25) is 11.8 Å². The number of carbonyl (C=O) groups excluding carboxylic acids is 2. The van der Waals surface area contributed by atoms with Crippen molar-refractivity contribution in [3.63, 3.8) is 0 Å². The molecule has 0 bridgehead atoms. The van der Waals surface area contributed by atoms with Gasteiger partial charge < -0.3 is 14.4 Å². The average molecular weight is 478 g/mol. The van der Waals surface area contributed by atoms with E-state index in [2.05, 4.69) is 9.97 Å². The van der Waals surface area contributed by atoms with Gasteiger partial charge in [-0.1, -0.05) is 25.0 Å². The molecular weight excluding hydrogens is 449 g/mol. The molecule has 0 spiro atoms. The van der Waals surface area contributed by atoms with Gasteiger partial charge in [0.05, 0.1) is 24.1 Å². The van der Waals surface area contributed by atoms with E-state index in [4.69, 9.17) is 9.47 Å². The number of hydrogen-bond acceptors (Lipinski definition) is 6. The van der Waals surface area contributed by atoms with Crippen molar-refractivity contribution < 1.29 is 23.5 Å². The minimum atomic E-state index is -0.383. The molecule has 0 radical (unpaired) electrons. The van der Waals surface area contributed by atoms with Crippen LogP contribution in [0.3, 0.4) is 0 Å². The minimum absolute atomic E-state index is 0.00838. The molecule has 2 heterocycles. The van der Waals surface area contributed by atoms with E-state index in [1.54, 1.807) is 4.90 Å². The number of fused-ring (bicyclic) bond motifs is 1. The second kappa shape index (κ2) is 10.5. The predicted molar refractivity (Wildman–Crippen MR) is 128 cm³/mol. The van der Waals surface area contributed by atoms with Gasteiger partial charge in [0.1, 0.15) is 24.9 Å². The van der Waals surface area contributed by atoms with Crippen LogP contribution >= 0.6 is 0 Å². The third-order valence-electron chi connectivity index (χ3n) is 6.91. The number of carbonyl (C=O) groups is 2. The summed E-state index contributed by atoms with van der Waals surface area (Å²) in [5.41, 5.74) is 1.26. The van der Waals surface area contributed by atoms with Crippen molar-refractivity contribution >= 4 is 22.6 Å². The summed E-state index contributed by atoms with van der Waals surface area (Å²) in [5.74, 6) is -0.731. The van der Waals surface area contributed by atoms with E-state index in [1.165, 1.54) is 30.6 Å². The first-order chi connectivity index (χ1) is 17.1. The maximum absolute atomic E-state index is 13.5. The van der Waals surface area contributed by atoms with Gasteiger partial charge in [0.15, 0.2) is 5.78 Å². The lowest BCUT2D eigenvalue weighted by Crippen LogP contribution is -2.51. The summed E-state index contributed by atoms with van der Waals surface area (Å²) in [6, 6.07) is 13.2. The molecule has 3 aromatic rings. The molecule has 1 unspecified atom stereocenters. The van der Waals surface area contributed by atoms with Crippen molar-refractivity contribution in [3.05, 3.63) is 66.2 Å². The van der Waals surface area contributed by atoms with Gasteiger partial charge in [0.25, 0.3) is 0 Å². The van der Waals surface area contributed by atoms with Gasteiger partial charge in [0, 0.05) is 23.9 Å². The molecule has 2 aliphatic rings. The van der Waals surface area contributed by atoms with E-state index in [9.17, 15) is 14.0 Å². The summed E-state index contributed by atoms with van der Waals surface area (Å²) in [5, 5.41) is 0.822. The molecule has 1 saturated heterocycles. The number of nitrogens with zero attached hydrogens (tertiary/aromatic N) is 3. The number of aromatic nitrogens is 2. The van der Waals surface area contributed by atoms with Crippen LogP contribution in [-0.4, -0.2) is 59.0 Å². The molecule has 8 heteroatoms. The second-order valence-corrected chi connectivity index (χ2v) is 9.15. The maximum Gasteiger partial charge on any atom is 0.226 e. The van der Waals surface area contributed by atoms with Crippen LogP contribution in [0.15, 0.2) is 54.9 Å². The van der Waals surface area contributed by atoms with Gasteiger partial charge >= 0.3 is 0 Å². The molecule has 1 aliphatic heterocycles. The third kappa shape index (κ3) is 5.17. The van der Waals surface area contributed by atoms with Crippen LogP contribution in [0.25, 0.3) is 10.9 Å². The Kier molecular flexibility index (Phi) is 6.99. The fourth-order valence-electron chi connectivity index (χ4n) is 5.09. The standard InChI is InChI=1S/C27H28FN3O4/c28-19-11-9-18(10-12-19)25(32)21-5-1-2-6-22(21)27(33)31-13-14-34-20(15-31)16-35-26-23-7-3-4-8-24(23)29-17-30-26/h3-4,7-12,17,20-22H,1-2,5-6,13-16H2/t20?,21-,22-/m1/s1. The molecule has 7 nitrogen and oxygen atoms in total. The topological polar surface area (TPSA) is 81.6 Å². The zero-order valence-corrected chi connectivity index (χ0v) is 19.4. The van der Waals surface area contributed by atoms with Crippen molar-refractivity contribution in [2.24, 2.45) is 11.8 Å². The average Bonchev–Trinajstić information content (AvgIpc) is 2.91. The van der Waals surface area contributed by atoms with Gasteiger partial charge in [-0.25, -0.2) is 14.4 Å². The summed E-state index contributed by atoms with van der Waals surface area (Å²) in [7, 11) is 0. The number of ketones is 1. The Bertz CT molecular complexity index is 1200. The molecule has 1 aromatic heterocycles. The Morgan fingerprint density at radius 1 is 1.03 bits per heavy atom. The Morgan fingerprint density at radius 3 is 2.63 bits per heavy atom. The molecule has 3 atom stereocenters. The highest BCUT2D eigenvalue weighted by molar-refractivity contribution is 6.00. The Morgan fingerprint density at radius 2 is 1.80 bits per heavy atom. The second-order valence-electron chi connectivity index (χ2n) is 9.15. The van der Waals surface area contributed by atoms with Crippen LogP contribution in [0.2, 0.25) is 0 Å². The van der Waals surface area contributed by atoms with Gasteiger partial charge in [-0.05, 0) is 49.2 Å². The summed E-state index contributed by atoms with van der Waals surface area (Å²) < 4.78 is 25.2. The van der Waals surface area contributed by atoms with E-state index in [0.717, 1.165) is 23.7 Å². The fraction of sp³-hybridized carbons (Fsp3) is 0.407. The maximum atomic E-state index is 13.5. The molecule has 1 amide bonds. The summed E-state index contributed by atoms with van der Waals surface area (Å²) in [6.45, 7) is 1.55. The van der Waals surface area contributed by atoms with Gasteiger partial charge in [-0.15, -0.1) is 0 Å². The molecule has 5 rings (SSSR count). The number of morpholine rings is 1. The van der Waals surface area contributed by atoms with E-state index < -0.39 is 0 Å². The first-order valence-corrected chi connectivity index (χ1v) is 12.1. The Hall–Kier alpha value is -3.39. The predicted octanol–water partition coefficient (Wildman–Crippen LogP) is 4.06. The largest absolute Gasteiger partial charge is 0.474 e. The monoisotopic (exact) mass is 477 g/mol. The van der Waals surface area contributed by atoms with Crippen LogP contribution < -0.4 is 4.74 Å². The molecular formula is C27H28FN3O4. The molecule has 1 saturated carbocycles. The molecule has 2 aromatic carbocycles. The molecule has 1 aliphatic carbocycles. The van der Waals surface area contributed by atoms with Crippen LogP contribution in [0.4, 0.5) is 4.39 Å². The van der Waals surface area contributed by atoms with Crippen molar-refractivity contribution in [1.82, 2.24) is 14.9 Å². The molecule has 182 valence electrons. The number of hydrogen-bond donors (Lipinski definition) is 0. The van der Waals surface area contributed by atoms with Crippen LogP contribution in [0.1, 0.15) is 36.0 Å². The van der Waals surface area contributed by atoms with E-state index >= 15 is 0 Å². The zero-order chi connectivity index (χ0) is 24.2. The molecule has 0 N–H and O–H groups in total. The van der Waals surface area contributed by atoms with Crippen molar-refractivity contribution in [2.45, 2.75) is 31.8 Å². The van der Waals surface area contributed by atoms with Gasteiger partial charge in [-0.2, -0.15) is 0 Å². The first-order valence-electron chi connectivity index (χ1n) is 12.1. The third-order valence-corrected chi connectivity index (χ3v) is 6.91. The number of Topliss-reactive ketones (excluding diaryl/α,β-unsaturated/α-hetero) is 1. The number of para-hydroxylation sites is 1. The van der Waals surface area contributed by atoms with Crippen LogP contribution in [0.5, 0.6) is 5.88 Å².